The molecule has 0 fully saturated rings. The van der Waals surface area contributed by atoms with Crippen molar-refractivity contribution in [3.05, 3.63) is 11.7 Å². The zero-order valence-corrected chi connectivity index (χ0v) is 10.2. The first kappa shape index (κ1) is 12.1. The van der Waals surface area contributed by atoms with Gasteiger partial charge in [0, 0.05) is 13.0 Å². The number of likely N-dealkylation sites (N-methyl/N-ethyl adjacent to an activating group) is 1. The van der Waals surface area contributed by atoms with Crippen molar-refractivity contribution in [2.75, 3.05) is 27.7 Å². The van der Waals surface area contributed by atoms with Gasteiger partial charge in [-0.3, -0.25) is 4.90 Å². The predicted octanol–water partition coefficient (Wildman–Crippen LogP) is 0.628. The van der Waals surface area contributed by atoms with Gasteiger partial charge in [0.05, 0.1) is 5.54 Å². The summed E-state index contributed by atoms with van der Waals surface area (Å²) in [5.74, 6) is 1.42. The molecule has 0 atom stereocenters. The lowest BCUT2D eigenvalue weighted by Crippen LogP contribution is -2.35. The maximum absolute atomic E-state index is 5.26. The summed E-state index contributed by atoms with van der Waals surface area (Å²) in [5, 5.41) is 7.00. The fourth-order valence-corrected chi connectivity index (χ4v) is 1.03. The minimum atomic E-state index is -0.217. The van der Waals surface area contributed by atoms with E-state index in [4.69, 9.17) is 4.52 Å². The molecule has 0 aliphatic carbocycles. The number of nitrogens with zero attached hydrogens (tertiary/aromatic N) is 3. The molecule has 0 amide bonds. The van der Waals surface area contributed by atoms with Gasteiger partial charge in [-0.25, -0.2) is 0 Å². The maximum atomic E-state index is 5.26. The van der Waals surface area contributed by atoms with Crippen LogP contribution in [0.15, 0.2) is 4.52 Å². The van der Waals surface area contributed by atoms with Gasteiger partial charge in [0.15, 0.2) is 5.82 Å². The molecule has 1 heterocycles. The monoisotopic (exact) mass is 212 g/mol. The van der Waals surface area contributed by atoms with Crippen LogP contribution in [0.2, 0.25) is 0 Å². The highest BCUT2D eigenvalue weighted by atomic mass is 16.5. The molecular weight excluding hydrogens is 192 g/mol. The smallest absolute Gasteiger partial charge is 0.246 e. The van der Waals surface area contributed by atoms with Gasteiger partial charge in [0.1, 0.15) is 0 Å². The third-order valence-corrected chi connectivity index (χ3v) is 2.71. The van der Waals surface area contributed by atoms with Crippen LogP contribution in [0.1, 0.15) is 25.6 Å². The number of aromatic nitrogens is 2. The van der Waals surface area contributed by atoms with Gasteiger partial charge in [-0.1, -0.05) is 5.16 Å². The fourth-order valence-electron chi connectivity index (χ4n) is 1.03. The Kier molecular flexibility index (Phi) is 3.82. The summed E-state index contributed by atoms with van der Waals surface area (Å²) in [6, 6.07) is 0. The van der Waals surface area contributed by atoms with E-state index >= 15 is 0 Å². The summed E-state index contributed by atoms with van der Waals surface area (Å²) >= 11 is 0. The van der Waals surface area contributed by atoms with Crippen molar-refractivity contribution in [2.24, 2.45) is 0 Å². The van der Waals surface area contributed by atoms with Crippen LogP contribution in [0.5, 0.6) is 0 Å². The van der Waals surface area contributed by atoms with Gasteiger partial charge in [-0.2, -0.15) is 4.98 Å². The molecule has 0 saturated carbocycles. The predicted molar refractivity (Wildman–Crippen MR) is 58.6 cm³/mol. The molecule has 0 spiro atoms. The molecule has 0 aromatic carbocycles. The molecule has 15 heavy (non-hydrogen) atoms. The van der Waals surface area contributed by atoms with Crippen molar-refractivity contribution in [1.29, 1.82) is 0 Å². The SMILES string of the molecule is CNCCc1noc(C(C)(C)N(C)C)n1. The largest absolute Gasteiger partial charge is 0.337 e. The van der Waals surface area contributed by atoms with Crippen LogP contribution in [-0.2, 0) is 12.0 Å². The molecule has 0 radical (unpaired) electrons. The van der Waals surface area contributed by atoms with Crippen molar-refractivity contribution in [1.82, 2.24) is 20.4 Å². The van der Waals surface area contributed by atoms with E-state index in [0.717, 1.165) is 18.8 Å². The lowest BCUT2D eigenvalue weighted by molar-refractivity contribution is 0.143. The highest BCUT2D eigenvalue weighted by molar-refractivity contribution is 4.99. The summed E-state index contributed by atoms with van der Waals surface area (Å²) in [5.41, 5.74) is -0.217. The van der Waals surface area contributed by atoms with Crippen LogP contribution < -0.4 is 5.32 Å². The van der Waals surface area contributed by atoms with Crippen molar-refractivity contribution in [2.45, 2.75) is 25.8 Å². The summed E-state index contributed by atoms with van der Waals surface area (Å²) < 4.78 is 5.26. The van der Waals surface area contributed by atoms with Crippen molar-refractivity contribution < 1.29 is 4.52 Å². The number of hydrogen-bond donors (Lipinski definition) is 1. The first-order valence-corrected chi connectivity index (χ1v) is 5.13. The Morgan fingerprint density at radius 1 is 1.40 bits per heavy atom. The van der Waals surface area contributed by atoms with Gasteiger partial charge in [0.2, 0.25) is 5.89 Å². The van der Waals surface area contributed by atoms with E-state index < -0.39 is 0 Å². The third kappa shape index (κ3) is 2.76. The van der Waals surface area contributed by atoms with E-state index in [1.807, 2.05) is 21.1 Å². The van der Waals surface area contributed by atoms with Crippen LogP contribution in [0.25, 0.3) is 0 Å². The molecule has 0 aliphatic rings. The Morgan fingerprint density at radius 2 is 2.07 bits per heavy atom. The molecule has 0 unspecified atom stereocenters. The van der Waals surface area contributed by atoms with Crippen LogP contribution in [0, 0.1) is 0 Å². The average Bonchev–Trinajstić information content (AvgIpc) is 2.63. The zero-order valence-electron chi connectivity index (χ0n) is 10.2. The van der Waals surface area contributed by atoms with Crippen LogP contribution in [0.4, 0.5) is 0 Å². The normalized spacial score (nSPS) is 12.4. The van der Waals surface area contributed by atoms with E-state index in [2.05, 4.69) is 34.2 Å². The minimum absolute atomic E-state index is 0.217. The molecule has 5 heteroatoms. The Balaban J connectivity index is 2.75. The van der Waals surface area contributed by atoms with Crippen molar-refractivity contribution in [3.63, 3.8) is 0 Å². The quantitative estimate of drug-likeness (QED) is 0.775. The summed E-state index contributed by atoms with van der Waals surface area (Å²) in [7, 11) is 5.90. The molecule has 1 N–H and O–H groups in total. The van der Waals surface area contributed by atoms with E-state index in [-0.39, 0.29) is 5.54 Å². The molecule has 0 bridgehead atoms. The summed E-state index contributed by atoms with van der Waals surface area (Å²) in [6.45, 7) is 4.98. The van der Waals surface area contributed by atoms with Crippen LogP contribution in [-0.4, -0.2) is 42.7 Å². The van der Waals surface area contributed by atoms with Crippen molar-refractivity contribution in [3.8, 4) is 0 Å². The van der Waals surface area contributed by atoms with Gasteiger partial charge in [0.25, 0.3) is 0 Å². The number of nitrogens with one attached hydrogen (secondary N) is 1. The molecule has 1 rings (SSSR count). The third-order valence-electron chi connectivity index (χ3n) is 2.71. The lowest BCUT2D eigenvalue weighted by atomic mass is 10.0. The second kappa shape index (κ2) is 4.72. The first-order chi connectivity index (χ1) is 6.98. The second-order valence-corrected chi connectivity index (χ2v) is 4.32. The average molecular weight is 212 g/mol. The molecule has 1 aromatic heterocycles. The molecule has 1 aromatic rings. The van der Waals surface area contributed by atoms with Gasteiger partial charge < -0.3 is 9.84 Å². The van der Waals surface area contributed by atoms with Gasteiger partial charge in [-0.05, 0) is 35.0 Å². The molecule has 0 aliphatic heterocycles. The topological polar surface area (TPSA) is 54.2 Å². The Bertz CT molecular complexity index is 306. The van der Waals surface area contributed by atoms with Crippen molar-refractivity contribution >= 4 is 0 Å². The molecule has 5 nitrogen and oxygen atoms in total. The molecule has 0 saturated heterocycles. The number of rotatable bonds is 5. The Labute approximate surface area is 90.8 Å². The standard InChI is InChI=1S/C10H20N4O/c1-10(2,14(4)5)9-12-8(13-15-9)6-7-11-3/h11H,6-7H2,1-5H3. The van der Waals surface area contributed by atoms with E-state index in [9.17, 15) is 0 Å². The van der Waals surface area contributed by atoms with E-state index in [1.54, 1.807) is 0 Å². The Hall–Kier alpha value is -0.940. The lowest BCUT2D eigenvalue weighted by Gasteiger charge is -2.27. The van der Waals surface area contributed by atoms with Gasteiger partial charge >= 0.3 is 0 Å². The van der Waals surface area contributed by atoms with Gasteiger partial charge in [-0.15, -0.1) is 0 Å². The van der Waals surface area contributed by atoms with E-state index in [1.165, 1.54) is 0 Å². The Morgan fingerprint density at radius 3 is 2.60 bits per heavy atom. The highest BCUT2D eigenvalue weighted by Crippen LogP contribution is 2.23. The van der Waals surface area contributed by atoms with Crippen LogP contribution in [0.3, 0.4) is 0 Å². The van der Waals surface area contributed by atoms with E-state index in [0.29, 0.717) is 5.89 Å². The fraction of sp³-hybridized carbons (Fsp3) is 0.800. The molecule has 86 valence electrons. The second-order valence-electron chi connectivity index (χ2n) is 4.32. The minimum Gasteiger partial charge on any atom is -0.337 e. The highest BCUT2D eigenvalue weighted by Gasteiger charge is 2.29. The maximum Gasteiger partial charge on any atom is 0.246 e. The zero-order chi connectivity index (χ0) is 11.5. The number of hydrogen-bond acceptors (Lipinski definition) is 5. The first-order valence-electron chi connectivity index (χ1n) is 5.13. The summed E-state index contributed by atoms with van der Waals surface area (Å²) in [4.78, 5) is 6.44. The van der Waals surface area contributed by atoms with Crippen LogP contribution >= 0.6 is 0 Å². The molecular formula is C10H20N4O. The summed E-state index contributed by atoms with van der Waals surface area (Å²) in [6.07, 6.45) is 0.795.